The molecule has 1 unspecified atom stereocenters. The summed E-state index contributed by atoms with van der Waals surface area (Å²) in [4.78, 5) is 22.9. The number of benzene rings is 1. The third-order valence-electron chi connectivity index (χ3n) is 3.61. The second kappa shape index (κ2) is 8.71. The van der Waals surface area contributed by atoms with E-state index in [9.17, 15) is 4.79 Å². The third kappa shape index (κ3) is 4.72. The molecule has 0 amide bonds. The van der Waals surface area contributed by atoms with Crippen molar-refractivity contribution in [3.05, 3.63) is 50.4 Å². The van der Waals surface area contributed by atoms with Gasteiger partial charge in [0.2, 0.25) is 5.95 Å². The van der Waals surface area contributed by atoms with Gasteiger partial charge in [0, 0.05) is 40.8 Å². The van der Waals surface area contributed by atoms with Gasteiger partial charge in [0.05, 0.1) is 37.2 Å². The summed E-state index contributed by atoms with van der Waals surface area (Å²) in [6, 6.07) is 2.00. The summed E-state index contributed by atoms with van der Waals surface area (Å²) in [6.07, 6.45) is -3.55. The van der Waals surface area contributed by atoms with Crippen molar-refractivity contribution in [3.8, 4) is 0 Å². The molecule has 0 aliphatic carbocycles. The van der Waals surface area contributed by atoms with E-state index >= 15 is 0 Å². The number of aryl methyl sites for hydroxylation is 1. The molecule has 0 saturated carbocycles. The lowest BCUT2D eigenvalue weighted by Crippen LogP contribution is -2.42. The summed E-state index contributed by atoms with van der Waals surface area (Å²) in [5.41, 5.74) is -2.14. The van der Waals surface area contributed by atoms with Gasteiger partial charge in [-0.25, -0.2) is 4.98 Å². The summed E-state index contributed by atoms with van der Waals surface area (Å²) in [6.45, 7) is -16.1. The molecule has 0 radical (unpaired) electrons. The zero-order valence-corrected chi connectivity index (χ0v) is 16.2. The number of aromatic amines is 1. The van der Waals surface area contributed by atoms with Crippen LogP contribution in [0.25, 0.3) is 11.2 Å². The van der Waals surface area contributed by atoms with Crippen molar-refractivity contribution in [1.29, 1.82) is 0 Å². The molecule has 1 aliphatic heterocycles. The van der Waals surface area contributed by atoms with Crippen LogP contribution in [0.1, 0.15) is 30.3 Å². The minimum absolute atomic E-state index is 0.0959. The van der Waals surface area contributed by atoms with Gasteiger partial charge in [-0.2, -0.15) is 4.98 Å². The maximum atomic E-state index is 13.1. The van der Waals surface area contributed by atoms with Crippen LogP contribution in [0.2, 0.25) is 10.0 Å². The molecule has 10 heteroatoms. The maximum Gasteiger partial charge on any atom is 0.278 e. The second-order valence-electron chi connectivity index (χ2n) is 5.66. The molecule has 1 fully saturated rings. The molecule has 0 spiro atoms. The fourth-order valence-corrected chi connectivity index (χ4v) is 2.62. The molecule has 4 rings (SSSR count). The molecule has 2 N–H and O–H groups in total. The molecule has 3 aromatic rings. The average molecular weight is 450 g/mol. The molecule has 154 valence electrons. The van der Waals surface area contributed by atoms with Crippen LogP contribution >= 0.6 is 23.2 Å². The molecule has 1 aromatic carbocycles. The standard InChI is InChI=1S/C19H22Cl2N6O2/c1-12-10-26(6-7-29-12)4-5-27-11-23-17-16(27)18(28)25-19(24-17)22-9-13-2-3-14(20)15(21)8-13/h2-3,8,11-12H,4-7,9-10H2,1H3,(H2,22,24,25,28)/i3D,4D2,6D2,7D2,9D2,10D2,11D,12D. The van der Waals surface area contributed by atoms with Crippen molar-refractivity contribution in [2.24, 2.45) is 0 Å². The number of nitrogens with one attached hydrogen (secondary N) is 2. The number of morpholine rings is 1. The Kier molecular flexibility index (Phi) is 2.94. The summed E-state index contributed by atoms with van der Waals surface area (Å²) in [5, 5.41) is 2.13. The van der Waals surface area contributed by atoms with Crippen molar-refractivity contribution in [2.75, 3.05) is 31.4 Å². The number of anilines is 1. The summed E-state index contributed by atoms with van der Waals surface area (Å²) >= 11 is 11.8. The van der Waals surface area contributed by atoms with E-state index in [0.29, 0.717) is 4.57 Å². The van der Waals surface area contributed by atoms with E-state index in [-0.39, 0.29) is 26.6 Å². The van der Waals surface area contributed by atoms with Gasteiger partial charge in [-0.3, -0.25) is 14.7 Å². The van der Waals surface area contributed by atoms with Crippen molar-refractivity contribution < 1.29 is 22.6 Å². The number of aromatic nitrogens is 4. The molecule has 1 aliphatic rings. The average Bonchev–Trinajstić information content (AvgIpc) is 3.08. The van der Waals surface area contributed by atoms with Gasteiger partial charge in [0.15, 0.2) is 11.2 Å². The Bertz CT molecular complexity index is 1580. The van der Waals surface area contributed by atoms with Crippen LogP contribution in [-0.4, -0.2) is 56.5 Å². The number of ether oxygens (including phenoxy) is 1. The van der Waals surface area contributed by atoms with E-state index in [2.05, 4.69) is 20.3 Å². The van der Waals surface area contributed by atoms with E-state index in [1.54, 1.807) is 0 Å². The number of hydrogen-bond acceptors (Lipinski definition) is 6. The maximum absolute atomic E-state index is 13.1. The van der Waals surface area contributed by atoms with Gasteiger partial charge in [-0.1, -0.05) is 29.3 Å². The zero-order chi connectivity index (χ0) is 32.0. The van der Waals surface area contributed by atoms with Gasteiger partial charge < -0.3 is 14.6 Å². The predicted octanol–water partition coefficient (Wildman–Crippen LogP) is 2.76. The number of fused-ring (bicyclic) bond motifs is 1. The minimum atomic E-state index is -3.48. The normalized spacial score (nSPS) is 33.0. The highest BCUT2D eigenvalue weighted by molar-refractivity contribution is 6.42. The van der Waals surface area contributed by atoms with Crippen molar-refractivity contribution in [1.82, 2.24) is 24.4 Å². The van der Waals surface area contributed by atoms with Gasteiger partial charge >= 0.3 is 0 Å². The van der Waals surface area contributed by atoms with Crippen LogP contribution in [-0.2, 0) is 17.8 Å². The third-order valence-corrected chi connectivity index (χ3v) is 4.32. The van der Waals surface area contributed by atoms with E-state index in [4.69, 9.17) is 45.8 Å². The highest BCUT2D eigenvalue weighted by Gasteiger charge is 2.17. The van der Waals surface area contributed by atoms with E-state index in [1.165, 1.54) is 0 Å². The summed E-state index contributed by atoms with van der Waals surface area (Å²) < 4.78 is 112. The van der Waals surface area contributed by atoms with Crippen molar-refractivity contribution in [2.45, 2.75) is 26.0 Å². The number of rotatable bonds is 6. The van der Waals surface area contributed by atoms with E-state index in [1.807, 2.05) is 0 Å². The Labute approximate surface area is 196 Å². The van der Waals surface area contributed by atoms with Crippen LogP contribution in [0.4, 0.5) is 5.95 Å². The monoisotopic (exact) mass is 449 g/mol. The van der Waals surface area contributed by atoms with Crippen LogP contribution in [0.3, 0.4) is 0 Å². The minimum Gasteiger partial charge on any atom is -0.376 e. The summed E-state index contributed by atoms with van der Waals surface area (Å²) in [5.74, 6) is -0.471. The first-order valence-corrected chi connectivity index (χ1v) is 8.83. The molecule has 2 aromatic heterocycles. The number of nitrogens with zero attached hydrogens (tertiary/aromatic N) is 4. The Hall–Kier alpha value is -2.13. The Morgan fingerprint density at radius 3 is 3.24 bits per heavy atom. The quantitative estimate of drug-likeness (QED) is 0.601. The van der Waals surface area contributed by atoms with Crippen molar-refractivity contribution in [3.63, 3.8) is 0 Å². The van der Waals surface area contributed by atoms with Gasteiger partial charge in [0.1, 0.15) is 1.37 Å². The largest absolute Gasteiger partial charge is 0.376 e. The van der Waals surface area contributed by atoms with Crippen LogP contribution in [0.15, 0.2) is 29.3 Å². The molecular formula is C19H22Cl2N6O2. The number of imidazole rings is 1. The first-order valence-electron chi connectivity index (χ1n) is 14.6. The number of halogens is 2. The second-order valence-corrected chi connectivity index (χ2v) is 6.45. The highest BCUT2D eigenvalue weighted by atomic mass is 35.5. The van der Waals surface area contributed by atoms with Crippen LogP contribution in [0, 0.1) is 0 Å². The van der Waals surface area contributed by atoms with E-state index < -0.39 is 74.1 Å². The van der Waals surface area contributed by atoms with Gasteiger partial charge in [-0.15, -0.1) is 0 Å². The van der Waals surface area contributed by atoms with Crippen molar-refractivity contribution >= 4 is 40.3 Å². The van der Waals surface area contributed by atoms with Gasteiger partial charge in [-0.05, 0) is 24.6 Å². The zero-order valence-electron chi connectivity index (χ0n) is 27.7. The fourth-order valence-electron chi connectivity index (χ4n) is 2.34. The molecule has 0 bridgehead atoms. The molecular weight excluding hydrogens is 415 g/mol. The fraction of sp³-hybridized carbons (Fsp3) is 0.421. The first-order chi connectivity index (χ1) is 18.9. The summed E-state index contributed by atoms with van der Waals surface area (Å²) in [7, 11) is 0. The Balaban J connectivity index is 1.75. The number of hydrogen-bond donors (Lipinski definition) is 2. The lowest BCUT2D eigenvalue weighted by atomic mass is 10.2. The molecule has 3 heterocycles. The first kappa shape index (κ1) is 9.78. The molecule has 1 saturated heterocycles. The molecule has 8 nitrogen and oxygen atoms in total. The topological polar surface area (TPSA) is 88.1 Å². The van der Waals surface area contributed by atoms with Crippen LogP contribution < -0.4 is 10.9 Å². The lowest BCUT2D eigenvalue weighted by Gasteiger charge is -2.31. The highest BCUT2D eigenvalue weighted by Crippen LogP contribution is 2.22. The Morgan fingerprint density at radius 1 is 1.55 bits per heavy atom. The smallest absolute Gasteiger partial charge is 0.278 e. The van der Waals surface area contributed by atoms with E-state index in [0.717, 1.165) is 19.1 Å². The molecule has 29 heavy (non-hydrogen) atoms. The number of H-pyrrole nitrogens is 1. The predicted molar refractivity (Wildman–Crippen MR) is 114 cm³/mol. The van der Waals surface area contributed by atoms with Gasteiger partial charge in [0.25, 0.3) is 5.56 Å². The van der Waals surface area contributed by atoms with Crippen LogP contribution in [0.5, 0.6) is 0 Å². The molecule has 1 atom stereocenters. The Morgan fingerprint density at radius 2 is 2.41 bits per heavy atom. The lowest BCUT2D eigenvalue weighted by molar-refractivity contribution is -0.0190. The SMILES string of the molecule is [2H]c1cc(C([2H])([2H])Nc2nc3nc([2H])n(CC([2H])([2H])N4C([2H])([2H])C([2H])([2H])OC([2H])(C)C4([2H])[2H])c3c(=O)[nH]2)cc(Cl)c1Cl.